The fourth-order valence-electron chi connectivity index (χ4n) is 3.58. The first-order valence-corrected chi connectivity index (χ1v) is 4.95. The summed E-state index contributed by atoms with van der Waals surface area (Å²) in [7, 11) is 0. The van der Waals surface area contributed by atoms with E-state index in [1.54, 1.807) is 0 Å². The van der Waals surface area contributed by atoms with Gasteiger partial charge in [0.2, 0.25) is 0 Å². The minimum absolute atomic E-state index is 0.0307. The second-order valence-electron chi connectivity index (χ2n) is 4.88. The monoisotopic (exact) mass is 168 g/mol. The summed E-state index contributed by atoms with van der Waals surface area (Å²) in [5.41, 5.74) is 0.0874. The maximum Gasteiger partial charge on any atom is 0.104 e. The summed E-state index contributed by atoms with van der Waals surface area (Å²) in [6.07, 6.45) is 2.59. The van der Waals surface area contributed by atoms with Crippen LogP contribution in [0, 0.1) is 11.8 Å². The van der Waals surface area contributed by atoms with E-state index in [1.807, 2.05) is 0 Å². The molecule has 0 amide bonds. The van der Waals surface area contributed by atoms with Crippen LogP contribution in [0.4, 0.5) is 0 Å². The van der Waals surface area contributed by atoms with Crippen LogP contribution in [-0.4, -0.2) is 24.4 Å². The third-order valence-electron chi connectivity index (χ3n) is 4.18. The van der Waals surface area contributed by atoms with Crippen molar-refractivity contribution in [1.29, 1.82) is 0 Å². The van der Waals surface area contributed by atoms with E-state index in [0.29, 0.717) is 5.92 Å². The summed E-state index contributed by atoms with van der Waals surface area (Å²) >= 11 is 0. The van der Waals surface area contributed by atoms with Gasteiger partial charge in [-0.2, -0.15) is 0 Å². The van der Waals surface area contributed by atoms with E-state index in [0.717, 1.165) is 19.1 Å². The van der Waals surface area contributed by atoms with Crippen LogP contribution < -0.4 is 0 Å². The third kappa shape index (κ3) is 0.549. The highest BCUT2D eigenvalue weighted by Gasteiger charge is 2.70. The van der Waals surface area contributed by atoms with Gasteiger partial charge in [0.1, 0.15) is 5.60 Å². The van der Waals surface area contributed by atoms with Crippen LogP contribution in [0.5, 0.6) is 0 Å². The van der Waals surface area contributed by atoms with Crippen molar-refractivity contribution < 1.29 is 9.47 Å². The van der Waals surface area contributed by atoms with Gasteiger partial charge in [0.25, 0.3) is 0 Å². The van der Waals surface area contributed by atoms with E-state index in [4.69, 9.17) is 9.47 Å². The molecule has 0 unspecified atom stereocenters. The van der Waals surface area contributed by atoms with E-state index >= 15 is 0 Å². The smallest absolute Gasteiger partial charge is 0.104 e. The number of hydrogen-bond acceptors (Lipinski definition) is 2. The number of rotatable bonds is 0. The van der Waals surface area contributed by atoms with Crippen molar-refractivity contribution in [2.45, 2.75) is 37.9 Å². The molecule has 2 heterocycles. The summed E-state index contributed by atoms with van der Waals surface area (Å²) in [5.74, 6) is 1.49. The van der Waals surface area contributed by atoms with Crippen LogP contribution in [-0.2, 0) is 9.47 Å². The average Bonchev–Trinajstić information content (AvgIpc) is 2.38. The van der Waals surface area contributed by atoms with Crippen LogP contribution in [0.2, 0.25) is 0 Å². The molecule has 3 aliphatic rings. The molecule has 0 bridgehead atoms. The Kier molecular flexibility index (Phi) is 1.15. The molecule has 0 N–H and O–H groups in total. The van der Waals surface area contributed by atoms with Gasteiger partial charge in [-0.05, 0) is 32.6 Å². The topological polar surface area (TPSA) is 18.5 Å². The third-order valence-corrected chi connectivity index (χ3v) is 4.18. The van der Waals surface area contributed by atoms with E-state index in [2.05, 4.69) is 13.8 Å². The summed E-state index contributed by atoms with van der Waals surface area (Å²) in [5, 5.41) is 0. The molecule has 1 aliphatic carbocycles. The van der Waals surface area contributed by atoms with Gasteiger partial charge in [-0.15, -0.1) is 0 Å². The van der Waals surface area contributed by atoms with Crippen molar-refractivity contribution in [3.8, 4) is 0 Å². The summed E-state index contributed by atoms with van der Waals surface area (Å²) in [6, 6.07) is 0. The van der Waals surface area contributed by atoms with Gasteiger partial charge in [0.15, 0.2) is 0 Å². The minimum Gasteiger partial charge on any atom is -0.372 e. The Morgan fingerprint density at radius 2 is 2.00 bits per heavy atom. The molecule has 2 aliphatic heterocycles. The molecule has 0 aromatic rings. The molecular formula is C10H16O2. The molecule has 68 valence electrons. The van der Waals surface area contributed by atoms with Crippen molar-refractivity contribution >= 4 is 0 Å². The summed E-state index contributed by atoms with van der Waals surface area (Å²) < 4.78 is 11.8. The van der Waals surface area contributed by atoms with Gasteiger partial charge in [0.05, 0.1) is 12.2 Å². The lowest BCUT2D eigenvalue weighted by Gasteiger charge is -2.51. The van der Waals surface area contributed by atoms with Gasteiger partial charge < -0.3 is 9.47 Å². The van der Waals surface area contributed by atoms with Crippen molar-refractivity contribution in [2.24, 2.45) is 11.8 Å². The average molecular weight is 168 g/mol. The van der Waals surface area contributed by atoms with Crippen LogP contribution in [0.3, 0.4) is 0 Å². The zero-order chi connectivity index (χ0) is 8.40. The van der Waals surface area contributed by atoms with Gasteiger partial charge in [-0.25, -0.2) is 0 Å². The maximum absolute atomic E-state index is 5.95. The van der Waals surface area contributed by atoms with Crippen molar-refractivity contribution in [3.63, 3.8) is 0 Å². The molecule has 2 nitrogen and oxygen atoms in total. The fraction of sp³-hybridized carbons (Fsp3) is 1.00. The molecule has 3 rings (SSSR count). The van der Waals surface area contributed by atoms with Crippen molar-refractivity contribution in [1.82, 2.24) is 0 Å². The van der Waals surface area contributed by atoms with Crippen molar-refractivity contribution in [2.75, 3.05) is 13.2 Å². The Morgan fingerprint density at radius 1 is 1.17 bits per heavy atom. The molecule has 0 aromatic carbocycles. The lowest BCUT2D eigenvalue weighted by atomic mass is 9.57. The van der Waals surface area contributed by atoms with Crippen LogP contribution in [0.25, 0.3) is 0 Å². The molecule has 1 saturated carbocycles. The molecule has 3 fully saturated rings. The fourth-order valence-corrected chi connectivity index (χ4v) is 3.58. The zero-order valence-corrected chi connectivity index (χ0v) is 7.80. The van der Waals surface area contributed by atoms with E-state index in [9.17, 15) is 0 Å². The Hall–Kier alpha value is -0.0800. The molecule has 0 radical (unpaired) electrons. The highest BCUT2D eigenvalue weighted by Crippen LogP contribution is 2.62. The summed E-state index contributed by atoms with van der Waals surface area (Å²) in [4.78, 5) is 0. The predicted octanol–water partition coefficient (Wildman–Crippen LogP) is 1.59. The summed E-state index contributed by atoms with van der Waals surface area (Å²) in [6.45, 7) is 6.24. The first kappa shape index (κ1) is 7.34. The van der Waals surface area contributed by atoms with Crippen LogP contribution in [0.1, 0.15) is 26.7 Å². The number of hydrogen-bond donors (Lipinski definition) is 0. The normalized spacial score (nSPS) is 54.5. The molecule has 2 heteroatoms. The molecular weight excluding hydrogens is 152 g/mol. The van der Waals surface area contributed by atoms with Gasteiger partial charge >= 0.3 is 0 Å². The second kappa shape index (κ2) is 1.88. The van der Waals surface area contributed by atoms with Gasteiger partial charge in [-0.1, -0.05) is 0 Å². The molecule has 3 atom stereocenters. The quantitative estimate of drug-likeness (QED) is 0.547. The first-order chi connectivity index (χ1) is 5.67. The van der Waals surface area contributed by atoms with E-state index in [-0.39, 0.29) is 11.2 Å². The van der Waals surface area contributed by atoms with Gasteiger partial charge in [0, 0.05) is 12.5 Å². The molecule has 1 spiro atoms. The minimum atomic E-state index is -0.0307. The maximum atomic E-state index is 5.95. The second-order valence-corrected chi connectivity index (χ2v) is 4.88. The van der Waals surface area contributed by atoms with E-state index < -0.39 is 0 Å². The van der Waals surface area contributed by atoms with Gasteiger partial charge in [-0.3, -0.25) is 0 Å². The SMILES string of the molecule is CC1(C)OC[C@H]2C[C@@H]3CCO[C@]321. The number of ether oxygens (including phenoxy) is 2. The van der Waals surface area contributed by atoms with Crippen LogP contribution >= 0.6 is 0 Å². The van der Waals surface area contributed by atoms with E-state index in [1.165, 1.54) is 12.8 Å². The molecule has 12 heavy (non-hydrogen) atoms. The Morgan fingerprint density at radius 3 is 2.67 bits per heavy atom. The Balaban J connectivity index is 2.03. The largest absolute Gasteiger partial charge is 0.372 e. The Bertz CT molecular complexity index is 215. The van der Waals surface area contributed by atoms with Crippen molar-refractivity contribution in [3.05, 3.63) is 0 Å². The predicted molar refractivity (Wildman–Crippen MR) is 44.9 cm³/mol. The lowest BCUT2D eigenvalue weighted by molar-refractivity contribution is -0.175. The first-order valence-electron chi connectivity index (χ1n) is 4.95. The standard InChI is InChI=1S/C10H16O2/c1-9(2)10-7(3-4-11-10)5-8(10)6-12-9/h7-8H,3-6H2,1-2H3/t7-,8+,10+/m0/s1. The highest BCUT2D eigenvalue weighted by molar-refractivity contribution is 5.19. The lowest BCUT2D eigenvalue weighted by Crippen LogP contribution is -2.61. The molecule has 2 saturated heterocycles. The Labute approximate surface area is 73.2 Å². The zero-order valence-electron chi connectivity index (χ0n) is 7.80. The molecule has 0 aromatic heterocycles. The highest BCUT2D eigenvalue weighted by atomic mass is 16.6. The van der Waals surface area contributed by atoms with Crippen LogP contribution in [0.15, 0.2) is 0 Å².